The highest BCUT2D eigenvalue weighted by molar-refractivity contribution is 6.43. The molecule has 0 aromatic heterocycles. The lowest BCUT2D eigenvalue weighted by Gasteiger charge is -2.02. The molecule has 0 unspecified atom stereocenters. The molecule has 0 nitrogen and oxygen atoms in total. The van der Waals surface area contributed by atoms with Crippen LogP contribution in [-0.4, -0.2) is 0 Å². The summed E-state index contributed by atoms with van der Waals surface area (Å²) in [5.74, 6) is 0. The Balaban J connectivity index is 1.99. The maximum atomic E-state index is 2.39. The number of hydrogen-bond donors (Lipinski definition) is 0. The molecule has 0 heterocycles. The van der Waals surface area contributed by atoms with Gasteiger partial charge in [0.1, 0.15) is 0 Å². The van der Waals surface area contributed by atoms with E-state index in [1.54, 1.807) is 0 Å². The molecule has 7 rings (SSSR count). The van der Waals surface area contributed by atoms with Crippen molar-refractivity contribution in [3.8, 4) is 0 Å². The Morgan fingerprint density at radius 3 is 1.00 bits per heavy atom. The predicted molar refractivity (Wildman–Crippen MR) is 105 cm³/mol. The highest BCUT2D eigenvalue weighted by atomic mass is 14.2. The van der Waals surface area contributed by atoms with Gasteiger partial charge in [0.05, 0.1) is 0 Å². The standard InChI is InChI=1S/C24H12/c1-4-13-10-19-22(16(13)7-1)20-11-14-5-2-9-18(14)24(20)21-12-15-6-3-8-17(15)23(19)21/h1-12H. The summed E-state index contributed by atoms with van der Waals surface area (Å²) in [7, 11) is 0. The Morgan fingerprint density at radius 1 is 0.333 bits per heavy atom. The molecule has 108 valence electrons. The smallest absolute Gasteiger partial charge is 0.00195 e. The zero-order chi connectivity index (χ0) is 15.4. The SMILES string of the molecule is c1cc2cc3c(c2c1)c1cc2cccc2c1c1cc2cccc2c31. The lowest BCUT2D eigenvalue weighted by Crippen LogP contribution is -1.73. The Bertz CT molecular complexity index is 1320. The summed E-state index contributed by atoms with van der Waals surface area (Å²) in [6, 6.07) is 27.2. The van der Waals surface area contributed by atoms with Crippen LogP contribution in [0.2, 0.25) is 0 Å². The van der Waals surface area contributed by atoms with Crippen molar-refractivity contribution in [1.29, 1.82) is 0 Å². The zero-order valence-electron chi connectivity index (χ0n) is 12.9. The summed E-state index contributed by atoms with van der Waals surface area (Å²) in [6.45, 7) is 0. The van der Waals surface area contributed by atoms with E-state index in [1.807, 2.05) is 0 Å². The van der Waals surface area contributed by atoms with Crippen LogP contribution in [0, 0.1) is 0 Å². The van der Waals surface area contributed by atoms with Gasteiger partial charge in [0.2, 0.25) is 0 Å². The van der Waals surface area contributed by atoms with Crippen LogP contribution in [0.5, 0.6) is 0 Å². The molecule has 0 spiro atoms. The monoisotopic (exact) mass is 300 g/mol. The summed E-state index contributed by atoms with van der Waals surface area (Å²) in [5, 5.41) is 16.8. The molecule has 0 N–H and O–H groups in total. The number of hydrogen-bond acceptors (Lipinski definition) is 0. The minimum absolute atomic E-state index is 1.36. The van der Waals surface area contributed by atoms with E-state index < -0.39 is 0 Å². The Morgan fingerprint density at radius 2 is 0.667 bits per heavy atom. The quantitative estimate of drug-likeness (QED) is 0.285. The molecule has 0 fully saturated rings. The molecule has 24 heavy (non-hydrogen) atoms. The normalized spacial score (nSPS) is 13.0. The van der Waals surface area contributed by atoms with Crippen molar-refractivity contribution in [2.75, 3.05) is 0 Å². The molecule has 0 amide bonds. The van der Waals surface area contributed by atoms with Gasteiger partial charge in [-0.25, -0.2) is 0 Å². The first-order valence-corrected chi connectivity index (χ1v) is 8.46. The van der Waals surface area contributed by atoms with E-state index in [0.717, 1.165) is 0 Å². The maximum absolute atomic E-state index is 2.39. The third-order valence-electron chi connectivity index (χ3n) is 5.87. The summed E-state index contributed by atoms with van der Waals surface area (Å²) in [4.78, 5) is 0. The molecule has 0 atom stereocenters. The van der Waals surface area contributed by atoms with Gasteiger partial charge in [-0.1, -0.05) is 54.6 Å². The average molecular weight is 300 g/mol. The first-order chi connectivity index (χ1) is 11.9. The van der Waals surface area contributed by atoms with Crippen LogP contribution >= 0.6 is 0 Å². The second-order valence-corrected chi connectivity index (χ2v) is 6.98. The highest BCUT2D eigenvalue weighted by Gasteiger charge is 2.19. The van der Waals surface area contributed by atoms with E-state index in [1.165, 1.54) is 64.6 Å². The van der Waals surface area contributed by atoms with E-state index in [2.05, 4.69) is 72.8 Å². The first kappa shape index (κ1) is 11.4. The van der Waals surface area contributed by atoms with Crippen LogP contribution in [0.3, 0.4) is 0 Å². The van der Waals surface area contributed by atoms with Crippen molar-refractivity contribution in [3.63, 3.8) is 0 Å². The van der Waals surface area contributed by atoms with Crippen LogP contribution in [0.15, 0.2) is 72.8 Å². The second-order valence-electron chi connectivity index (χ2n) is 6.98. The van der Waals surface area contributed by atoms with Crippen molar-refractivity contribution in [2.24, 2.45) is 0 Å². The van der Waals surface area contributed by atoms with Crippen LogP contribution in [0.4, 0.5) is 0 Å². The molecule has 0 bridgehead atoms. The van der Waals surface area contributed by atoms with Gasteiger partial charge in [0.15, 0.2) is 0 Å². The predicted octanol–water partition coefficient (Wildman–Crippen LogP) is 6.92. The second kappa shape index (κ2) is 3.52. The Kier molecular flexibility index (Phi) is 1.67. The van der Waals surface area contributed by atoms with Crippen LogP contribution in [0.1, 0.15) is 0 Å². The van der Waals surface area contributed by atoms with Crippen molar-refractivity contribution in [3.05, 3.63) is 72.8 Å². The highest BCUT2D eigenvalue weighted by Crippen LogP contribution is 2.48. The van der Waals surface area contributed by atoms with E-state index in [9.17, 15) is 0 Å². The lowest BCUT2D eigenvalue weighted by molar-refractivity contribution is 2.01. The number of benzene rings is 1. The minimum Gasteiger partial charge on any atom is -0.0610 e. The first-order valence-electron chi connectivity index (χ1n) is 8.46. The fourth-order valence-corrected chi connectivity index (χ4v) is 4.94. The van der Waals surface area contributed by atoms with Gasteiger partial charge in [0, 0.05) is 0 Å². The van der Waals surface area contributed by atoms with Crippen molar-refractivity contribution >= 4 is 64.6 Å². The Hall–Kier alpha value is -3.12. The van der Waals surface area contributed by atoms with Gasteiger partial charge in [-0.15, -0.1) is 0 Å². The van der Waals surface area contributed by atoms with Crippen LogP contribution < -0.4 is 0 Å². The lowest BCUT2D eigenvalue weighted by atomic mass is 10.0. The molecule has 0 aliphatic carbocycles. The molecule has 0 heteroatoms. The van der Waals surface area contributed by atoms with Gasteiger partial charge in [-0.05, 0) is 82.8 Å². The fraction of sp³-hybridized carbons (Fsp3) is 0. The van der Waals surface area contributed by atoms with E-state index >= 15 is 0 Å². The van der Waals surface area contributed by atoms with Gasteiger partial charge in [-0.2, -0.15) is 0 Å². The summed E-state index contributed by atoms with van der Waals surface area (Å²) < 4.78 is 0. The third-order valence-corrected chi connectivity index (χ3v) is 5.87. The van der Waals surface area contributed by atoms with Crippen molar-refractivity contribution < 1.29 is 0 Å². The fourth-order valence-electron chi connectivity index (χ4n) is 4.94. The van der Waals surface area contributed by atoms with Crippen molar-refractivity contribution in [1.82, 2.24) is 0 Å². The zero-order valence-corrected chi connectivity index (χ0v) is 12.9. The van der Waals surface area contributed by atoms with Crippen LogP contribution in [-0.2, 0) is 0 Å². The third kappa shape index (κ3) is 1.08. The van der Waals surface area contributed by atoms with Gasteiger partial charge in [0.25, 0.3) is 0 Å². The number of fused-ring (bicyclic) bond motifs is 12. The summed E-state index contributed by atoms with van der Waals surface area (Å²) >= 11 is 0. The maximum Gasteiger partial charge on any atom is -0.00195 e. The van der Waals surface area contributed by atoms with E-state index in [0.29, 0.717) is 0 Å². The number of rotatable bonds is 0. The van der Waals surface area contributed by atoms with E-state index in [-0.39, 0.29) is 0 Å². The molecule has 0 aliphatic rings. The van der Waals surface area contributed by atoms with Gasteiger partial charge >= 0.3 is 0 Å². The molecule has 7 aromatic carbocycles. The molecule has 7 aromatic rings. The average Bonchev–Trinajstić information content (AvgIpc) is 3.32. The van der Waals surface area contributed by atoms with Crippen molar-refractivity contribution in [2.45, 2.75) is 0 Å². The Labute approximate surface area is 137 Å². The molecule has 0 saturated carbocycles. The van der Waals surface area contributed by atoms with Crippen LogP contribution in [0.25, 0.3) is 64.6 Å². The summed E-state index contributed by atoms with van der Waals surface area (Å²) in [5.41, 5.74) is 0. The van der Waals surface area contributed by atoms with E-state index in [4.69, 9.17) is 0 Å². The minimum atomic E-state index is 1.36. The largest absolute Gasteiger partial charge is 0.0610 e. The molecular weight excluding hydrogens is 288 g/mol. The molecule has 0 radical (unpaired) electrons. The van der Waals surface area contributed by atoms with Gasteiger partial charge < -0.3 is 0 Å². The van der Waals surface area contributed by atoms with Gasteiger partial charge in [-0.3, -0.25) is 0 Å². The molecule has 0 aliphatic heterocycles. The molecular formula is C24H12. The summed E-state index contributed by atoms with van der Waals surface area (Å²) in [6.07, 6.45) is 0. The topological polar surface area (TPSA) is 0 Å². The molecule has 0 saturated heterocycles.